The van der Waals surface area contributed by atoms with Crippen LogP contribution in [0.1, 0.15) is 16.1 Å². The average molecular weight is 414 g/mol. The van der Waals surface area contributed by atoms with E-state index in [0.29, 0.717) is 36.2 Å². The second-order valence-corrected chi connectivity index (χ2v) is 7.60. The zero-order chi connectivity index (χ0) is 20.2. The number of fused-ring (bicyclic) bond motifs is 1. The SMILES string of the molecule is CNCc1cc(C(=O)Nc2nc3c(OC)ccc(N4CCOCC4)c3s2)ccn1. The van der Waals surface area contributed by atoms with Crippen molar-refractivity contribution in [1.82, 2.24) is 15.3 Å². The first kappa shape index (κ1) is 19.6. The minimum atomic E-state index is -0.212. The van der Waals surface area contributed by atoms with E-state index in [1.807, 2.05) is 19.2 Å². The highest BCUT2D eigenvalue weighted by Crippen LogP contribution is 2.39. The maximum atomic E-state index is 12.7. The van der Waals surface area contributed by atoms with Crippen LogP contribution in [0.25, 0.3) is 10.2 Å². The molecule has 2 aromatic heterocycles. The topological polar surface area (TPSA) is 88.6 Å². The van der Waals surface area contributed by atoms with Gasteiger partial charge in [-0.3, -0.25) is 15.1 Å². The van der Waals surface area contributed by atoms with E-state index in [4.69, 9.17) is 9.47 Å². The number of pyridine rings is 1. The number of rotatable bonds is 6. The molecule has 0 aliphatic carbocycles. The maximum Gasteiger partial charge on any atom is 0.257 e. The van der Waals surface area contributed by atoms with Gasteiger partial charge in [-0.25, -0.2) is 4.98 Å². The van der Waals surface area contributed by atoms with Crippen molar-refractivity contribution < 1.29 is 14.3 Å². The summed E-state index contributed by atoms with van der Waals surface area (Å²) in [5, 5.41) is 6.49. The van der Waals surface area contributed by atoms with Gasteiger partial charge in [0.05, 0.1) is 36.4 Å². The van der Waals surface area contributed by atoms with Crippen LogP contribution in [0.3, 0.4) is 0 Å². The van der Waals surface area contributed by atoms with Crippen molar-refractivity contribution in [3.63, 3.8) is 0 Å². The van der Waals surface area contributed by atoms with Crippen LogP contribution in [0.15, 0.2) is 30.5 Å². The summed E-state index contributed by atoms with van der Waals surface area (Å²) in [6.07, 6.45) is 1.64. The normalized spacial score (nSPS) is 14.2. The second-order valence-electron chi connectivity index (χ2n) is 6.60. The van der Waals surface area contributed by atoms with Crippen molar-refractivity contribution in [2.75, 3.05) is 50.7 Å². The number of methoxy groups -OCH3 is 1. The number of morpholine rings is 1. The van der Waals surface area contributed by atoms with Crippen molar-refractivity contribution in [3.8, 4) is 5.75 Å². The lowest BCUT2D eigenvalue weighted by Crippen LogP contribution is -2.36. The highest BCUT2D eigenvalue weighted by molar-refractivity contribution is 7.23. The molecule has 29 heavy (non-hydrogen) atoms. The fourth-order valence-electron chi connectivity index (χ4n) is 3.31. The summed E-state index contributed by atoms with van der Waals surface area (Å²) in [7, 11) is 3.47. The molecule has 0 radical (unpaired) electrons. The lowest BCUT2D eigenvalue weighted by atomic mass is 10.2. The van der Waals surface area contributed by atoms with E-state index in [9.17, 15) is 4.79 Å². The van der Waals surface area contributed by atoms with Crippen LogP contribution in [0.2, 0.25) is 0 Å². The van der Waals surface area contributed by atoms with Gasteiger partial charge >= 0.3 is 0 Å². The van der Waals surface area contributed by atoms with Crippen LogP contribution in [-0.2, 0) is 11.3 Å². The Labute approximate surface area is 172 Å². The largest absolute Gasteiger partial charge is 0.494 e. The zero-order valence-electron chi connectivity index (χ0n) is 16.4. The van der Waals surface area contributed by atoms with E-state index in [1.54, 1.807) is 25.4 Å². The van der Waals surface area contributed by atoms with Gasteiger partial charge in [0.15, 0.2) is 5.13 Å². The number of ether oxygens (including phenoxy) is 2. The molecule has 1 aliphatic rings. The quantitative estimate of drug-likeness (QED) is 0.642. The molecule has 1 saturated heterocycles. The highest BCUT2D eigenvalue weighted by atomic mass is 32.1. The molecule has 2 N–H and O–H groups in total. The zero-order valence-corrected chi connectivity index (χ0v) is 17.2. The predicted molar refractivity (Wildman–Crippen MR) is 114 cm³/mol. The highest BCUT2D eigenvalue weighted by Gasteiger charge is 2.20. The molecule has 9 heteroatoms. The van der Waals surface area contributed by atoms with Crippen LogP contribution < -0.4 is 20.3 Å². The van der Waals surface area contributed by atoms with Crippen LogP contribution in [0.4, 0.5) is 10.8 Å². The number of nitrogens with one attached hydrogen (secondary N) is 2. The van der Waals surface area contributed by atoms with Crippen molar-refractivity contribution in [2.45, 2.75) is 6.54 Å². The van der Waals surface area contributed by atoms with Crippen molar-refractivity contribution in [2.24, 2.45) is 0 Å². The summed E-state index contributed by atoms with van der Waals surface area (Å²) < 4.78 is 11.9. The predicted octanol–water partition coefficient (Wildman–Crippen LogP) is 2.51. The van der Waals surface area contributed by atoms with E-state index in [-0.39, 0.29) is 5.91 Å². The van der Waals surface area contributed by atoms with E-state index in [0.717, 1.165) is 34.7 Å². The molecule has 4 rings (SSSR count). The Morgan fingerprint density at radius 3 is 2.90 bits per heavy atom. The molecular weight excluding hydrogens is 390 g/mol. The number of nitrogens with zero attached hydrogens (tertiary/aromatic N) is 3. The van der Waals surface area contributed by atoms with Gasteiger partial charge in [0.25, 0.3) is 5.91 Å². The number of benzene rings is 1. The summed E-state index contributed by atoms with van der Waals surface area (Å²) in [4.78, 5) is 23.9. The molecule has 0 spiro atoms. The number of aromatic nitrogens is 2. The minimum Gasteiger partial charge on any atom is -0.494 e. The Hall–Kier alpha value is -2.75. The van der Waals surface area contributed by atoms with Gasteiger partial charge in [-0.1, -0.05) is 11.3 Å². The third kappa shape index (κ3) is 4.16. The minimum absolute atomic E-state index is 0.212. The molecule has 0 bridgehead atoms. The van der Waals surface area contributed by atoms with E-state index in [2.05, 4.69) is 25.5 Å². The molecule has 1 aromatic carbocycles. The van der Waals surface area contributed by atoms with Gasteiger partial charge in [0.1, 0.15) is 11.3 Å². The first-order valence-electron chi connectivity index (χ1n) is 9.40. The molecule has 0 saturated carbocycles. The smallest absolute Gasteiger partial charge is 0.257 e. The molecule has 1 fully saturated rings. The van der Waals surface area contributed by atoms with Crippen molar-refractivity contribution in [3.05, 3.63) is 41.7 Å². The van der Waals surface area contributed by atoms with Gasteiger partial charge in [0, 0.05) is 31.4 Å². The fourth-order valence-corrected chi connectivity index (χ4v) is 4.33. The summed E-state index contributed by atoms with van der Waals surface area (Å²) in [5.41, 5.74) is 3.19. The van der Waals surface area contributed by atoms with Crippen LogP contribution in [-0.4, -0.2) is 56.3 Å². The van der Waals surface area contributed by atoms with Crippen LogP contribution in [0, 0.1) is 0 Å². The number of hydrogen-bond donors (Lipinski definition) is 2. The Morgan fingerprint density at radius 2 is 2.14 bits per heavy atom. The number of carbonyl (C=O) groups excluding carboxylic acids is 1. The van der Waals surface area contributed by atoms with Crippen molar-refractivity contribution in [1.29, 1.82) is 0 Å². The molecule has 8 nitrogen and oxygen atoms in total. The van der Waals surface area contributed by atoms with Gasteiger partial charge in [-0.15, -0.1) is 0 Å². The Kier molecular flexibility index (Phi) is 5.89. The van der Waals surface area contributed by atoms with Gasteiger partial charge in [-0.05, 0) is 31.3 Å². The molecule has 3 aromatic rings. The third-order valence-corrected chi connectivity index (χ3v) is 5.71. The van der Waals surface area contributed by atoms with Crippen LogP contribution in [0.5, 0.6) is 5.75 Å². The molecular formula is C20H23N5O3S. The van der Waals surface area contributed by atoms with E-state index < -0.39 is 0 Å². The number of thiazole rings is 1. The average Bonchev–Trinajstić information content (AvgIpc) is 3.17. The summed E-state index contributed by atoms with van der Waals surface area (Å²) >= 11 is 1.45. The summed E-state index contributed by atoms with van der Waals surface area (Å²) in [5.74, 6) is 0.477. The number of hydrogen-bond acceptors (Lipinski definition) is 8. The summed E-state index contributed by atoms with van der Waals surface area (Å²) in [6, 6.07) is 7.44. The fraction of sp³-hybridized carbons (Fsp3) is 0.350. The monoisotopic (exact) mass is 413 g/mol. The first-order chi connectivity index (χ1) is 14.2. The molecule has 3 heterocycles. The van der Waals surface area contributed by atoms with Crippen molar-refractivity contribution >= 4 is 38.3 Å². The second kappa shape index (κ2) is 8.73. The molecule has 152 valence electrons. The lowest BCUT2D eigenvalue weighted by Gasteiger charge is -2.29. The number of amides is 1. The van der Waals surface area contributed by atoms with E-state index in [1.165, 1.54) is 11.3 Å². The Bertz CT molecular complexity index is 1020. The Balaban J connectivity index is 1.64. The maximum absolute atomic E-state index is 12.7. The number of carbonyl (C=O) groups is 1. The van der Waals surface area contributed by atoms with Gasteiger partial charge in [-0.2, -0.15) is 0 Å². The standard InChI is InChI=1S/C20H23N5O3S/c1-21-12-14-11-13(5-6-22-14)19(26)24-20-23-17-16(27-2)4-3-15(18(17)29-20)25-7-9-28-10-8-25/h3-6,11,21H,7-10,12H2,1-2H3,(H,23,24,26). The molecule has 1 amide bonds. The van der Waals surface area contributed by atoms with Gasteiger partial charge < -0.3 is 19.7 Å². The Morgan fingerprint density at radius 1 is 1.31 bits per heavy atom. The number of anilines is 2. The summed E-state index contributed by atoms with van der Waals surface area (Å²) in [6.45, 7) is 3.65. The molecule has 0 unspecified atom stereocenters. The third-order valence-electron chi connectivity index (χ3n) is 4.71. The lowest BCUT2D eigenvalue weighted by molar-refractivity contribution is 0.102. The van der Waals surface area contributed by atoms with Gasteiger partial charge in [0.2, 0.25) is 0 Å². The van der Waals surface area contributed by atoms with Crippen LogP contribution >= 0.6 is 11.3 Å². The first-order valence-corrected chi connectivity index (χ1v) is 10.2. The molecule has 0 atom stereocenters. The van der Waals surface area contributed by atoms with E-state index >= 15 is 0 Å². The molecule has 1 aliphatic heterocycles.